The highest BCUT2D eigenvalue weighted by molar-refractivity contribution is 6.03. The van der Waals surface area contributed by atoms with Gasteiger partial charge in [0.15, 0.2) is 0 Å². The highest BCUT2D eigenvalue weighted by atomic mass is 19.1. The van der Waals surface area contributed by atoms with Crippen LogP contribution in [0.2, 0.25) is 0 Å². The number of hydrogen-bond acceptors (Lipinski definition) is 3. The lowest BCUT2D eigenvalue weighted by atomic mass is 9.95. The van der Waals surface area contributed by atoms with E-state index in [9.17, 15) is 18.8 Å². The van der Waals surface area contributed by atoms with E-state index in [2.05, 4.69) is 5.32 Å². The van der Waals surface area contributed by atoms with E-state index in [1.165, 1.54) is 21.9 Å². The molecule has 0 aromatic heterocycles. The Morgan fingerprint density at radius 1 is 1.18 bits per heavy atom. The number of hydrogen-bond donors (Lipinski definition) is 1. The largest absolute Gasteiger partial charge is 0.341 e. The maximum atomic E-state index is 13.3. The number of likely N-dealkylation sites (tertiary alicyclic amines) is 1. The fraction of sp³-hybridized carbons (Fsp3) is 0.450. The summed E-state index contributed by atoms with van der Waals surface area (Å²) in [4.78, 5) is 43.1. The maximum Gasteiger partial charge on any atom is 0.322 e. The molecule has 3 aliphatic heterocycles. The number of halogens is 1. The van der Waals surface area contributed by atoms with Crippen LogP contribution in [0.15, 0.2) is 35.5 Å². The topological polar surface area (TPSA) is 73.0 Å². The summed E-state index contributed by atoms with van der Waals surface area (Å²) in [6, 6.07) is 4.81. The lowest BCUT2D eigenvalue weighted by Crippen LogP contribution is -2.47. The molecule has 28 heavy (non-hydrogen) atoms. The van der Waals surface area contributed by atoms with Gasteiger partial charge in [-0.15, -0.1) is 0 Å². The van der Waals surface area contributed by atoms with Crippen molar-refractivity contribution in [2.24, 2.45) is 0 Å². The number of carbonyl (C=O) groups is 3. The van der Waals surface area contributed by atoms with E-state index in [0.717, 1.165) is 25.9 Å². The molecular formula is C20H23FN4O3. The highest BCUT2D eigenvalue weighted by Gasteiger charge is 2.44. The summed E-state index contributed by atoms with van der Waals surface area (Å²) in [5.74, 6) is -0.701. The lowest BCUT2D eigenvalue weighted by Gasteiger charge is -2.32. The van der Waals surface area contributed by atoms with Crippen molar-refractivity contribution in [2.75, 3.05) is 32.7 Å². The number of urea groups is 1. The molecule has 1 aromatic rings. The van der Waals surface area contributed by atoms with Crippen molar-refractivity contribution in [3.63, 3.8) is 0 Å². The Morgan fingerprint density at radius 2 is 1.86 bits per heavy atom. The summed E-state index contributed by atoms with van der Waals surface area (Å²) in [7, 11) is 0. The van der Waals surface area contributed by atoms with Crippen LogP contribution in [0.1, 0.15) is 31.4 Å². The Labute approximate surface area is 162 Å². The summed E-state index contributed by atoms with van der Waals surface area (Å²) in [6.45, 7) is 3.95. The summed E-state index contributed by atoms with van der Waals surface area (Å²) < 4.78 is 13.3. The number of amides is 4. The fourth-order valence-corrected chi connectivity index (χ4v) is 4.15. The number of nitrogens with one attached hydrogen (secondary N) is 1. The molecule has 3 heterocycles. The molecule has 0 bridgehead atoms. The molecule has 7 nitrogen and oxygen atoms in total. The molecule has 0 aliphatic carbocycles. The fourth-order valence-electron chi connectivity index (χ4n) is 4.15. The Balaban J connectivity index is 1.62. The van der Waals surface area contributed by atoms with E-state index >= 15 is 0 Å². The molecule has 4 rings (SSSR count). The second-order valence-corrected chi connectivity index (χ2v) is 7.29. The first-order valence-electron chi connectivity index (χ1n) is 9.63. The standard InChI is InChI=1S/C20H23FN4O3/c1-2-25-15-11-24(12-16(26)23-9-3-4-10-23)19(27)17(15)18(22-20(25)28)13-5-7-14(21)8-6-13/h5-8,18H,2-4,9-12H2,1H3,(H,22,28). The van der Waals surface area contributed by atoms with E-state index in [4.69, 9.17) is 0 Å². The molecule has 1 N–H and O–H groups in total. The van der Waals surface area contributed by atoms with Gasteiger partial charge in [-0.2, -0.15) is 0 Å². The first-order chi connectivity index (χ1) is 13.5. The molecule has 3 aliphatic rings. The minimum absolute atomic E-state index is 0.00765. The smallest absolute Gasteiger partial charge is 0.322 e. The Kier molecular flexibility index (Phi) is 4.78. The lowest BCUT2D eigenvalue weighted by molar-refractivity contribution is -0.137. The second kappa shape index (κ2) is 7.26. The Hall–Kier alpha value is -2.90. The van der Waals surface area contributed by atoms with Gasteiger partial charge in [-0.1, -0.05) is 12.1 Å². The first-order valence-corrected chi connectivity index (χ1v) is 9.63. The first kappa shape index (κ1) is 18.5. The van der Waals surface area contributed by atoms with Gasteiger partial charge in [0.05, 0.1) is 23.9 Å². The van der Waals surface area contributed by atoms with Gasteiger partial charge in [0.1, 0.15) is 12.4 Å². The third-order valence-corrected chi connectivity index (χ3v) is 5.60. The van der Waals surface area contributed by atoms with Crippen LogP contribution >= 0.6 is 0 Å². The molecule has 0 spiro atoms. The predicted octanol–water partition coefficient (Wildman–Crippen LogP) is 1.63. The predicted molar refractivity (Wildman–Crippen MR) is 99.5 cm³/mol. The van der Waals surface area contributed by atoms with Crippen LogP contribution in [-0.2, 0) is 9.59 Å². The van der Waals surface area contributed by atoms with Gasteiger partial charge in [0.2, 0.25) is 5.91 Å². The molecule has 0 radical (unpaired) electrons. The molecule has 1 fully saturated rings. The molecule has 8 heteroatoms. The third-order valence-electron chi connectivity index (χ3n) is 5.60. The number of benzene rings is 1. The zero-order valence-electron chi connectivity index (χ0n) is 15.8. The van der Waals surface area contributed by atoms with Gasteiger partial charge in [0.25, 0.3) is 5.91 Å². The van der Waals surface area contributed by atoms with Gasteiger partial charge >= 0.3 is 6.03 Å². The maximum absolute atomic E-state index is 13.3. The zero-order valence-corrected chi connectivity index (χ0v) is 15.8. The number of likely N-dealkylation sites (N-methyl/N-ethyl adjacent to an activating group) is 1. The van der Waals surface area contributed by atoms with Crippen molar-refractivity contribution < 1.29 is 18.8 Å². The Morgan fingerprint density at radius 3 is 2.50 bits per heavy atom. The highest BCUT2D eigenvalue weighted by Crippen LogP contribution is 2.36. The summed E-state index contributed by atoms with van der Waals surface area (Å²) >= 11 is 0. The molecule has 1 atom stereocenters. The molecule has 0 saturated carbocycles. The van der Waals surface area contributed by atoms with Crippen LogP contribution in [0.25, 0.3) is 0 Å². The van der Waals surface area contributed by atoms with Crippen molar-refractivity contribution in [1.82, 2.24) is 20.0 Å². The van der Waals surface area contributed by atoms with Crippen LogP contribution in [0.4, 0.5) is 9.18 Å². The van der Waals surface area contributed by atoms with Crippen molar-refractivity contribution in [2.45, 2.75) is 25.8 Å². The average molecular weight is 386 g/mol. The van der Waals surface area contributed by atoms with E-state index in [1.54, 1.807) is 17.0 Å². The van der Waals surface area contributed by atoms with Crippen LogP contribution in [-0.4, -0.2) is 65.3 Å². The van der Waals surface area contributed by atoms with Gasteiger partial charge in [-0.05, 0) is 37.5 Å². The minimum Gasteiger partial charge on any atom is -0.341 e. The minimum atomic E-state index is -0.648. The van der Waals surface area contributed by atoms with Gasteiger partial charge in [-0.25, -0.2) is 9.18 Å². The SMILES string of the molecule is CCN1C(=O)NC(c2ccc(F)cc2)C2=C1CN(CC(=O)N1CCCC1)C2=O. The molecular weight excluding hydrogens is 363 g/mol. The molecule has 1 saturated heterocycles. The summed E-state index contributed by atoms with van der Waals surface area (Å²) in [6.07, 6.45) is 1.98. The van der Waals surface area contributed by atoms with E-state index in [0.29, 0.717) is 23.4 Å². The van der Waals surface area contributed by atoms with Crippen molar-refractivity contribution in [3.05, 3.63) is 46.9 Å². The Bertz CT molecular complexity index is 846. The number of rotatable bonds is 4. The molecule has 1 aromatic carbocycles. The van der Waals surface area contributed by atoms with Crippen molar-refractivity contribution in [3.8, 4) is 0 Å². The van der Waals surface area contributed by atoms with Crippen LogP contribution < -0.4 is 5.32 Å². The monoisotopic (exact) mass is 386 g/mol. The molecule has 1 unspecified atom stereocenters. The van der Waals surface area contributed by atoms with Gasteiger partial charge in [0, 0.05) is 19.6 Å². The van der Waals surface area contributed by atoms with Crippen LogP contribution in [0.5, 0.6) is 0 Å². The summed E-state index contributed by atoms with van der Waals surface area (Å²) in [5.41, 5.74) is 1.72. The average Bonchev–Trinajstić information content (AvgIpc) is 3.31. The number of carbonyl (C=O) groups excluding carboxylic acids is 3. The van der Waals surface area contributed by atoms with Crippen molar-refractivity contribution >= 4 is 17.8 Å². The summed E-state index contributed by atoms with van der Waals surface area (Å²) in [5, 5.41) is 2.85. The van der Waals surface area contributed by atoms with E-state index in [-0.39, 0.29) is 36.8 Å². The third kappa shape index (κ3) is 3.12. The van der Waals surface area contributed by atoms with Crippen molar-refractivity contribution in [1.29, 1.82) is 0 Å². The normalized spacial score (nSPS) is 22.1. The van der Waals surface area contributed by atoms with Gasteiger partial charge in [-0.3, -0.25) is 14.5 Å². The number of nitrogens with zero attached hydrogens (tertiary/aromatic N) is 3. The van der Waals surface area contributed by atoms with Crippen LogP contribution in [0, 0.1) is 5.82 Å². The molecule has 148 valence electrons. The quantitative estimate of drug-likeness (QED) is 0.855. The van der Waals surface area contributed by atoms with E-state index in [1.807, 2.05) is 6.92 Å². The zero-order chi connectivity index (χ0) is 19.8. The molecule has 4 amide bonds. The van der Waals surface area contributed by atoms with Gasteiger partial charge < -0.3 is 15.1 Å². The second-order valence-electron chi connectivity index (χ2n) is 7.29. The van der Waals surface area contributed by atoms with Crippen LogP contribution in [0.3, 0.4) is 0 Å². The van der Waals surface area contributed by atoms with E-state index < -0.39 is 6.04 Å².